The Kier molecular flexibility index (Phi) is 9.93. The lowest BCUT2D eigenvalue weighted by Gasteiger charge is -1.80. The number of halogens is 2. The van der Waals surface area contributed by atoms with Crippen LogP contribution in [0.25, 0.3) is 0 Å². The molecule has 1 aromatic rings. The molecule has 1 aromatic carbocycles. The lowest BCUT2D eigenvalue weighted by atomic mass is 10.4. The van der Waals surface area contributed by atoms with Crippen LogP contribution in [0, 0.1) is 0 Å². The normalized spacial score (nSPS) is 7.25. The van der Waals surface area contributed by atoms with Crippen LogP contribution < -0.4 is 0 Å². The first-order valence-electron chi connectivity index (χ1n) is 2.99. The molecule has 0 atom stereocenters. The van der Waals surface area contributed by atoms with Crippen molar-refractivity contribution in [2.24, 2.45) is 0 Å². The minimum absolute atomic E-state index is 0. The van der Waals surface area contributed by atoms with Gasteiger partial charge in [-0.05, 0) is 23.7 Å². The summed E-state index contributed by atoms with van der Waals surface area (Å²) in [4.78, 5) is 9.21. The van der Waals surface area contributed by atoms with Crippen LogP contribution in [0.2, 0.25) is 5.02 Å². The summed E-state index contributed by atoms with van der Waals surface area (Å²) in [5, 5.41) is 0.433. The molecule has 0 fully saturated rings. The lowest BCUT2D eigenvalue weighted by molar-refractivity contribution is -0.109. The number of carbonyl (C=O) groups is 1. The van der Waals surface area contributed by atoms with E-state index in [1.54, 1.807) is 0 Å². The number of carbonyl (C=O) groups excluding carboxylic acids is 1. The molecule has 2 nitrogen and oxygen atoms in total. The van der Waals surface area contributed by atoms with Crippen molar-refractivity contribution < 1.29 is 10.3 Å². The highest BCUT2D eigenvalue weighted by atomic mass is 35.5. The van der Waals surface area contributed by atoms with E-state index in [1.165, 1.54) is 6.92 Å². The molecule has 0 saturated carbocycles. The minimum Gasteiger partial charge on any atom is -0.412 e. The molecule has 0 aliphatic rings. The Hall–Kier alpha value is -0.570. The smallest absolute Gasteiger partial charge is 0.218 e. The Morgan fingerprint density at radius 2 is 1.58 bits per heavy atom. The summed E-state index contributed by atoms with van der Waals surface area (Å²) in [6, 6.07) is 9.44. The predicted molar refractivity (Wildman–Crippen MR) is 51.6 cm³/mol. The lowest BCUT2D eigenvalue weighted by Crippen LogP contribution is -1.62. The van der Waals surface area contributed by atoms with Gasteiger partial charge in [0.25, 0.3) is 0 Å². The summed E-state index contributed by atoms with van der Waals surface area (Å²) >= 11 is 10.2. The molecule has 0 amide bonds. The molecule has 12 heavy (non-hydrogen) atoms. The molecule has 0 aliphatic heterocycles. The van der Waals surface area contributed by atoms with Gasteiger partial charge in [-0.25, -0.2) is 0 Å². The third-order valence-corrected chi connectivity index (χ3v) is 0.985. The molecule has 1 rings (SSSR count). The van der Waals surface area contributed by atoms with Gasteiger partial charge in [-0.15, -0.1) is 0 Å². The Labute approximate surface area is 81.4 Å². The van der Waals surface area contributed by atoms with Gasteiger partial charge >= 0.3 is 0 Å². The van der Waals surface area contributed by atoms with Gasteiger partial charge in [0.2, 0.25) is 5.24 Å². The van der Waals surface area contributed by atoms with Crippen LogP contribution >= 0.6 is 23.2 Å². The first-order chi connectivity index (χ1) is 5.13. The molecular weight excluding hydrogens is 199 g/mol. The Bertz CT molecular complexity index is 208. The largest absolute Gasteiger partial charge is 0.412 e. The molecule has 0 unspecified atom stereocenters. The molecule has 0 aliphatic carbocycles. The third kappa shape index (κ3) is 12.1. The first-order valence-corrected chi connectivity index (χ1v) is 3.75. The zero-order valence-electron chi connectivity index (χ0n) is 6.55. The maximum atomic E-state index is 9.21. The van der Waals surface area contributed by atoms with E-state index in [2.05, 4.69) is 11.6 Å². The van der Waals surface area contributed by atoms with E-state index < -0.39 is 0 Å². The van der Waals surface area contributed by atoms with Crippen molar-refractivity contribution in [1.82, 2.24) is 0 Å². The molecule has 0 heterocycles. The predicted octanol–water partition coefficient (Wildman–Crippen LogP) is 2.29. The van der Waals surface area contributed by atoms with E-state index in [0.717, 1.165) is 5.02 Å². The van der Waals surface area contributed by atoms with Crippen molar-refractivity contribution in [1.29, 1.82) is 0 Å². The molecule has 68 valence electrons. The van der Waals surface area contributed by atoms with Crippen molar-refractivity contribution in [2.75, 3.05) is 0 Å². The molecule has 0 aromatic heterocycles. The summed E-state index contributed by atoms with van der Waals surface area (Å²) in [5.41, 5.74) is 0. The van der Waals surface area contributed by atoms with E-state index in [-0.39, 0.29) is 10.7 Å². The van der Waals surface area contributed by atoms with Gasteiger partial charge < -0.3 is 5.48 Å². The Morgan fingerprint density at radius 3 is 1.75 bits per heavy atom. The van der Waals surface area contributed by atoms with Crippen molar-refractivity contribution in [2.45, 2.75) is 6.92 Å². The van der Waals surface area contributed by atoms with E-state index >= 15 is 0 Å². The molecule has 0 saturated heterocycles. The van der Waals surface area contributed by atoms with Crippen molar-refractivity contribution >= 4 is 28.4 Å². The van der Waals surface area contributed by atoms with Crippen molar-refractivity contribution in [3.63, 3.8) is 0 Å². The number of rotatable bonds is 0. The van der Waals surface area contributed by atoms with Gasteiger partial charge in [0.15, 0.2) is 0 Å². The van der Waals surface area contributed by atoms with Crippen LogP contribution in [0.4, 0.5) is 0 Å². The maximum absolute atomic E-state index is 9.21. The quantitative estimate of drug-likeness (QED) is 0.604. The molecule has 0 bridgehead atoms. The summed E-state index contributed by atoms with van der Waals surface area (Å²) in [7, 11) is 0. The van der Waals surface area contributed by atoms with Gasteiger partial charge in [-0.1, -0.05) is 29.8 Å². The van der Waals surface area contributed by atoms with Crippen molar-refractivity contribution in [3.05, 3.63) is 35.4 Å². The second-order valence-electron chi connectivity index (χ2n) is 1.77. The Balaban J connectivity index is 0. The minimum atomic E-state index is -0.361. The highest BCUT2D eigenvalue weighted by molar-refractivity contribution is 6.62. The number of hydrogen-bond donors (Lipinski definition) is 0. The fraction of sp³-hybridized carbons (Fsp3) is 0.125. The van der Waals surface area contributed by atoms with Gasteiger partial charge in [-0.3, -0.25) is 4.79 Å². The summed E-state index contributed by atoms with van der Waals surface area (Å²) in [6.45, 7) is 1.29. The zero-order valence-corrected chi connectivity index (χ0v) is 8.06. The fourth-order valence-corrected chi connectivity index (χ4v) is 0.560. The molecule has 4 heteroatoms. The van der Waals surface area contributed by atoms with Gasteiger partial charge in [0.1, 0.15) is 0 Å². The van der Waals surface area contributed by atoms with Crippen molar-refractivity contribution in [3.8, 4) is 0 Å². The van der Waals surface area contributed by atoms with E-state index in [9.17, 15) is 4.79 Å². The van der Waals surface area contributed by atoms with Crippen LogP contribution in [-0.2, 0) is 4.79 Å². The monoisotopic (exact) mass is 208 g/mol. The highest BCUT2D eigenvalue weighted by Gasteiger charge is 1.74. The first kappa shape index (κ1) is 14.0. The van der Waals surface area contributed by atoms with Crippen LogP contribution in [-0.4, -0.2) is 10.7 Å². The second-order valence-corrected chi connectivity index (χ2v) is 2.73. The van der Waals surface area contributed by atoms with E-state index in [0.29, 0.717) is 0 Å². The Morgan fingerprint density at radius 1 is 1.25 bits per heavy atom. The van der Waals surface area contributed by atoms with Crippen LogP contribution in [0.5, 0.6) is 0 Å². The molecule has 0 radical (unpaired) electrons. The van der Waals surface area contributed by atoms with Gasteiger partial charge in [0, 0.05) is 11.9 Å². The number of hydrogen-bond acceptors (Lipinski definition) is 1. The van der Waals surface area contributed by atoms with E-state index in [1.807, 2.05) is 30.3 Å². The van der Waals surface area contributed by atoms with Gasteiger partial charge in [-0.2, -0.15) is 0 Å². The summed E-state index contributed by atoms with van der Waals surface area (Å²) in [5.74, 6) is 0. The molecule has 2 N–H and O–H groups in total. The number of benzene rings is 1. The van der Waals surface area contributed by atoms with E-state index in [4.69, 9.17) is 11.6 Å². The third-order valence-electron chi connectivity index (χ3n) is 0.733. The maximum Gasteiger partial charge on any atom is 0.218 e. The highest BCUT2D eigenvalue weighted by Crippen LogP contribution is 2.03. The topological polar surface area (TPSA) is 48.6 Å². The average Bonchev–Trinajstić information content (AvgIpc) is 1.87. The average molecular weight is 209 g/mol. The van der Waals surface area contributed by atoms with Gasteiger partial charge in [0.05, 0.1) is 0 Å². The standard InChI is InChI=1S/C6H5Cl.C2H3ClO.H2O/c7-6-4-2-1-3-5-6;1-2(3)4;/h1-5H;1H3;1H2. The second kappa shape index (κ2) is 8.53. The van der Waals surface area contributed by atoms with Crippen LogP contribution in [0.15, 0.2) is 30.3 Å². The summed E-state index contributed by atoms with van der Waals surface area (Å²) in [6.07, 6.45) is 0. The van der Waals surface area contributed by atoms with Crippen LogP contribution in [0.3, 0.4) is 0 Å². The summed E-state index contributed by atoms with van der Waals surface area (Å²) < 4.78 is 0. The SMILES string of the molecule is CC(=O)Cl.Clc1ccccc1.O. The fourth-order valence-electron chi connectivity index (χ4n) is 0.415. The van der Waals surface area contributed by atoms with Crippen LogP contribution in [0.1, 0.15) is 6.92 Å². The zero-order chi connectivity index (χ0) is 8.69. The molecule has 0 spiro atoms. The molecular formula is C8H10Cl2O2.